The van der Waals surface area contributed by atoms with E-state index in [0.717, 1.165) is 16.2 Å². The second kappa shape index (κ2) is 5.62. The van der Waals surface area contributed by atoms with Crippen molar-refractivity contribution in [2.24, 2.45) is 0 Å². The molecular weight excluding hydrogens is 270 g/mol. The molecule has 0 aliphatic carbocycles. The molecule has 0 N–H and O–H groups in total. The number of hydrogen-bond donors (Lipinski definition) is 0. The third-order valence-electron chi connectivity index (χ3n) is 3.05. The summed E-state index contributed by atoms with van der Waals surface area (Å²) in [6, 6.07) is 14.4. The van der Waals surface area contributed by atoms with Crippen LogP contribution in [-0.2, 0) is 6.61 Å². The molecule has 0 amide bonds. The van der Waals surface area contributed by atoms with Gasteiger partial charge in [-0.3, -0.25) is 4.79 Å². The van der Waals surface area contributed by atoms with Crippen molar-refractivity contribution in [2.45, 2.75) is 6.61 Å². The van der Waals surface area contributed by atoms with Crippen LogP contribution < -0.4 is 15.1 Å². The maximum absolute atomic E-state index is 12.2. The van der Waals surface area contributed by atoms with Gasteiger partial charge in [-0.05, 0) is 39.9 Å². The molecule has 0 bridgehead atoms. The van der Waals surface area contributed by atoms with Crippen LogP contribution in [0.5, 0.6) is 5.75 Å². The highest BCUT2D eigenvalue weighted by Crippen LogP contribution is 2.11. The van der Waals surface area contributed by atoms with E-state index in [1.165, 1.54) is 0 Å². The fraction of sp³-hybridized carbons (Fsp3) is 0.133. The van der Waals surface area contributed by atoms with Crippen molar-refractivity contribution in [3.63, 3.8) is 0 Å². The molecule has 0 saturated heterocycles. The second-order valence-electron chi connectivity index (χ2n) is 4.41. The zero-order chi connectivity index (χ0) is 14.7. The molecule has 0 unspecified atom stereocenters. The van der Waals surface area contributed by atoms with Gasteiger partial charge in [0.25, 0.3) is 0 Å². The molecule has 2 aromatic carbocycles. The van der Waals surface area contributed by atoms with Gasteiger partial charge in [-0.1, -0.05) is 24.3 Å². The highest BCUT2D eigenvalue weighted by atomic mass is 16.7. The fourth-order valence-corrected chi connectivity index (χ4v) is 1.92. The van der Waals surface area contributed by atoms with Crippen molar-refractivity contribution in [3.8, 4) is 5.75 Å². The van der Waals surface area contributed by atoms with Crippen molar-refractivity contribution in [3.05, 3.63) is 64.4 Å². The maximum atomic E-state index is 12.2. The quantitative estimate of drug-likeness (QED) is 0.724. The number of fused-ring (bicyclic) bond motifs is 1. The standard InChI is InChI=1S/C15H13N3O3/c1-20-12-8-6-11(7-9-12)10-21-18-15(19)13-4-2-3-5-14(13)16-17-18/h2-9H,10H2,1H3. The molecule has 0 aliphatic rings. The Bertz CT molecular complexity index is 812. The zero-order valence-electron chi connectivity index (χ0n) is 11.4. The third-order valence-corrected chi connectivity index (χ3v) is 3.05. The molecular formula is C15H13N3O3. The average Bonchev–Trinajstić information content (AvgIpc) is 2.55. The van der Waals surface area contributed by atoms with Crippen LogP contribution in [0.2, 0.25) is 0 Å². The van der Waals surface area contributed by atoms with Gasteiger partial charge in [0.1, 0.15) is 17.9 Å². The summed E-state index contributed by atoms with van der Waals surface area (Å²) in [6.45, 7) is 0.219. The van der Waals surface area contributed by atoms with Gasteiger partial charge in [0.05, 0.1) is 12.5 Å². The van der Waals surface area contributed by atoms with Gasteiger partial charge in [-0.15, -0.1) is 5.10 Å². The first-order valence-corrected chi connectivity index (χ1v) is 6.39. The van der Waals surface area contributed by atoms with Gasteiger partial charge in [-0.25, -0.2) is 0 Å². The average molecular weight is 283 g/mol. The highest BCUT2D eigenvalue weighted by Gasteiger charge is 2.05. The number of rotatable bonds is 4. The van der Waals surface area contributed by atoms with E-state index in [4.69, 9.17) is 9.57 Å². The van der Waals surface area contributed by atoms with E-state index in [2.05, 4.69) is 10.3 Å². The number of aromatic nitrogens is 3. The molecule has 3 aromatic rings. The van der Waals surface area contributed by atoms with Crippen molar-refractivity contribution in [2.75, 3.05) is 7.11 Å². The van der Waals surface area contributed by atoms with Crippen LogP contribution in [0.25, 0.3) is 10.9 Å². The lowest BCUT2D eigenvalue weighted by Crippen LogP contribution is -2.30. The monoisotopic (exact) mass is 283 g/mol. The summed E-state index contributed by atoms with van der Waals surface area (Å²) in [7, 11) is 1.61. The Morgan fingerprint density at radius 3 is 2.62 bits per heavy atom. The third kappa shape index (κ3) is 2.69. The van der Waals surface area contributed by atoms with Gasteiger partial charge >= 0.3 is 5.56 Å². The van der Waals surface area contributed by atoms with E-state index in [9.17, 15) is 4.79 Å². The smallest absolute Gasteiger partial charge is 0.314 e. The van der Waals surface area contributed by atoms with Crippen LogP contribution in [0, 0.1) is 0 Å². The van der Waals surface area contributed by atoms with Crippen LogP contribution in [-0.4, -0.2) is 22.3 Å². The van der Waals surface area contributed by atoms with Crippen molar-refractivity contribution in [1.82, 2.24) is 15.2 Å². The van der Waals surface area contributed by atoms with Gasteiger partial charge < -0.3 is 9.57 Å². The van der Waals surface area contributed by atoms with Crippen molar-refractivity contribution >= 4 is 10.9 Å². The first-order valence-electron chi connectivity index (χ1n) is 6.39. The van der Waals surface area contributed by atoms with Crippen LogP contribution in [0.15, 0.2) is 53.3 Å². The summed E-state index contributed by atoms with van der Waals surface area (Å²) in [4.78, 5) is 18.5. The van der Waals surface area contributed by atoms with E-state index in [0.29, 0.717) is 10.9 Å². The minimum atomic E-state index is -0.325. The number of hydrogen-bond acceptors (Lipinski definition) is 5. The van der Waals surface area contributed by atoms with Gasteiger partial charge in [0.15, 0.2) is 0 Å². The Morgan fingerprint density at radius 1 is 1.10 bits per heavy atom. The van der Waals surface area contributed by atoms with Crippen molar-refractivity contribution in [1.29, 1.82) is 0 Å². The molecule has 0 atom stereocenters. The van der Waals surface area contributed by atoms with E-state index in [1.807, 2.05) is 24.3 Å². The lowest BCUT2D eigenvalue weighted by atomic mass is 10.2. The molecule has 6 nitrogen and oxygen atoms in total. The summed E-state index contributed by atoms with van der Waals surface area (Å²) in [6.07, 6.45) is 0. The Hall–Kier alpha value is -2.89. The van der Waals surface area contributed by atoms with Crippen LogP contribution in [0.1, 0.15) is 5.56 Å². The van der Waals surface area contributed by atoms with E-state index in [1.54, 1.807) is 31.4 Å². The molecule has 0 saturated carbocycles. The molecule has 1 heterocycles. The Morgan fingerprint density at radius 2 is 1.86 bits per heavy atom. The Balaban J connectivity index is 1.81. The molecule has 0 spiro atoms. The molecule has 6 heteroatoms. The maximum Gasteiger partial charge on any atom is 0.314 e. The molecule has 1 aromatic heterocycles. The molecule has 0 radical (unpaired) electrons. The van der Waals surface area contributed by atoms with Gasteiger partial charge in [0, 0.05) is 0 Å². The van der Waals surface area contributed by atoms with Gasteiger partial charge in [0.2, 0.25) is 0 Å². The molecule has 3 rings (SSSR count). The zero-order valence-corrected chi connectivity index (χ0v) is 11.4. The topological polar surface area (TPSA) is 66.2 Å². The van der Waals surface area contributed by atoms with Gasteiger partial charge in [-0.2, -0.15) is 0 Å². The summed E-state index contributed by atoms with van der Waals surface area (Å²) < 4.78 is 5.08. The molecule has 0 aliphatic heterocycles. The molecule has 106 valence electrons. The number of ether oxygens (including phenoxy) is 1. The lowest BCUT2D eigenvalue weighted by molar-refractivity contribution is 0.0549. The predicted octanol–water partition coefficient (Wildman–Crippen LogP) is 1.43. The lowest BCUT2D eigenvalue weighted by Gasteiger charge is -2.07. The fourth-order valence-electron chi connectivity index (χ4n) is 1.92. The van der Waals surface area contributed by atoms with E-state index >= 15 is 0 Å². The normalized spacial score (nSPS) is 10.5. The number of benzene rings is 2. The van der Waals surface area contributed by atoms with Crippen LogP contribution in [0.3, 0.4) is 0 Å². The minimum absolute atomic E-state index is 0.219. The Kier molecular flexibility index (Phi) is 3.51. The van der Waals surface area contributed by atoms with Crippen LogP contribution >= 0.6 is 0 Å². The first kappa shape index (κ1) is 13.1. The van der Waals surface area contributed by atoms with E-state index in [-0.39, 0.29) is 12.2 Å². The predicted molar refractivity (Wildman–Crippen MR) is 77.1 cm³/mol. The SMILES string of the molecule is COc1ccc(COn2nnc3ccccc3c2=O)cc1. The first-order chi connectivity index (χ1) is 10.3. The van der Waals surface area contributed by atoms with E-state index < -0.39 is 0 Å². The summed E-state index contributed by atoms with van der Waals surface area (Å²) in [5.74, 6) is 0.765. The minimum Gasteiger partial charge on any atom is -0.497 e. The summed E-state index contributed by atoms with van der Waals surface area (Å²) in [5.41, 5.74) is 1.12. The second-order valence-corrected chi connectivity index (χ2v) is 4.41. The molecule has 21 heavy (non-hydrogen) atoms. The molecule has 0 fully saturated rings. The highest BCUT2D eigenvalue weighted by molar-refractivity contribution is 5.76. The van der Waals surface area contributed by atoms with Crippen LogP contribution in [0.4, 0.5) is 0 Å². The van der Waals surface area contributed by atoms with Crippen molar-refractivity contribution < 1.29 is 9.57 Å². The largest absolute Gasteiger partial charge is 0.497 e. The summed E-state index contributed by atoms with van der Waals surface area (Å²) >= 11 is 0. The number of methoxy groups -OCH3 is 1. The Labute approximate surface area is 120 Å². The number of nitrogens with zero attached hydrogens (tertiary/aromatic N) is 3. The summed E-state index contributed by atoms with van der Waals surface area (Å²) in [5, 5.41) is 8.19.